The number of carbonyl (C=O) groups is 3. The van der Waals surface area contributed by atoms with Gasteiger partial charge in [0, 0.05) is 12.6 Å². The first-order chi connectivity index (χ1) is 17.9. The molecule has 2 rings (SSSR count). The summed E-state index contributed by atoms with van der Waals surface area (Å²) in [6.45, 7) is 15.9. The van der Waals surface area contributed by atoms with E-state index in [2.05, 4.69) is 23.6 Å². The lowest BCUT2D eigenvalue weighted by Gasteiger charge is -2.37. The molecule has 0 saturated heterocycles. The van der Waals surface area contributed by atoms with Gasteiger partial charge >= 0.3 is 6.09 Å². The Labute approximate surface area is 230 Å². The van der Waals surface area contributed by atoms with E-state index in [0.717, 1.165) is 55.2 Å². The minimum atomic E-state index is -0.803. The Morgan fingerprint density at radius 2 is 1.74 bits per heavy atom. The number of hydrogen-bond acceptors (Lipinski definition) is 4. The van der Waals surface area contributed by atoms with Gasteiger partial charge in [-0.1, -0.05) is 76.6 Å². The highest BCUT2D eigenvalue weighted by Crippen LogP contribution is 2.29. The number of nitrogens with zero attached hydrogens (tertiary/aromatic N) is 1. The van der Waals surface area contributed by atoms with Crippen LogP contribution in [0.4, 0.5) is 4.79 Å². The third-order valence-electron chi connectivity index (χ3n) is 7.42. The molecule has 0 bridgehead atoms. The summed E-state index contributed by atoms with van der Waals surface area (Å²) in [7, 11) is 0. The van der Waals surface area contributed by atoms with Crippen LogP contribution in [0, 0.1) is 19.8 Å². The van der Waals surface area contributed by atoms with Gasteiger partial charge in [0.15, 0.2) is 0 Å². The second kappa shape index (κ2) is 14.5. The molecule has 214 valence electrons. The lowest BCUT2D eigenvalue weighted by molar-refractivity contribution is -0.144. The number of hydrogen-bond donors (Lipinski definition) is 2. The number of amides is 3. The fraction of sp³-hybridized carbons (Fsp3) is 0.710. The van der Waals surface area contributed by atoms with Gasteiger partial charge in [-0.15, -0.1) is 0 Å². The summed E-state index contributed by atoms with van der Waals surface area (Å²) in [5.41, 5.74) is 2.22. The zero-order valence-corrected chi connectivity index (χ0v) is 25.0. The van der Waals surface area contributed by atoms with E-state index in [0.29, 0.717) is 13.0 Å². The number of unbranched alkanes of at least 4 members (excludes halogenated alkanes) is 1. The summed E-state index contributed by atoms with van der Waals surface area (Å²) in [4.78, 5) is 42.8. The van der Waals surface area contributed by atoms with E-state index in [1.807, 2.05) is 39.8 Å². The van der Waals surface area contributed by atoms with Crippen LogP contribution in [-0.4, -0.2) is 47.0 Å². The maximum atomic E-state index is 14.3. The number of carbonyl (C=O) groups excluding carboxylic acids is 3. The molecule has 0 spiro atoms. The van der Waals surface area contributed by atoms with Crippen LogP contribution in [0.3, 0.4) is 0 Å². The summed E-state index contributed by atoms with van der Waals surface area (Å²) in [5, 5.41) is 6.13. The Bertz CT molecular complexity index is 934. The highest BCUT2D eigenvalue weighted by Gasteiger charge is 2.39. The maximum Gasteiger partial charge on any atom is 0.408 e. The second-order valence-electron chi connectivity index (χ2n) is 12.0. The molecule has 0 heterocycles. The van der Waals surface area contributed by atoms with Gasteiger partial charge in [-0.2, -0.15) is 0 Å². The molecule has 1 aliphatic carbocycles. The Morgan fingerprint density at radius 3 is 2.29 bits per heavy atom. The van der Waals surface area contributed by atoms with E-state index in [1.54, 1.807) is 25.7 Å². The maximum absolute atomic E-state index is 14.3. The molecule has 3 unspecified atom stereocenters. The molecular formula is C31H51N3O4. The molecule has 38 heavy (non-hydrogen) atoms. The fourth-order valence-electron chi connectivity index (χ4n) is 5.10. The predicted octanol–water partition coefficient (Wildman–Crippen LogP) is 6.36. The summed E-state index contributed by atoms with van der Waals surface area (Å²) in [5.74, 6) is -0.531. The normalized spacial score (nSPS) is 16.7. The van der Waals surface area contributed by atoms with E-state index in [1.165, 1.54) is 6.42 Å². The zero-order valence-electron chi connectivity index (χ0n) is 25.0. The molecule has 7 nitrogen and oxygen atoms in total. The number of rotatable bonds is 11. The van der Waals surface area contributed by atoms with Crippen LogP contribution in [0.1, 0.15) is 116 Å². The van der Waals surface area contributed by atoms with Gasteiger partial charge in [-0.05, 0) is 70.9 Å². The van der Waals surface area contributed by atoms with E-state index in [4.69, 9.17) is 4.74 Å². The summed E-state index contributed by atoms with van der Waals surface area (Å²) >= 11 is 0. The minimum absolute atomic E-state index is 0.123. The van der Waals surface area contributed by atoms with Gasteiger partial charge in [0.1, 0.15) is 17.7 Å². The van der Waals surface area contributed by atoms with Gasteiger partial charge in [0.25, 0.3) is 0 Å². The highest BCUT2D eigenvalue weighted by molar-refractivity contribution is 5.92. The monoisotopic (exact) mass is 529 g/mol. The van der Waals surface area contributed by atoms with Crippen LogP contribution in [0.5, 0.6) is 0 Å². The van der Waals surface area contributed by atoms with Crippen molar-refractivity contribution in [1.82, 2.24) is 15.5 Å². The molecule has 1 aromatic carbocycles. The first-order valence-electron chi connectivity index (χ1n) is 14.5. The van der Waals surface area contributed by atoms with Crippen molar-refractivity contribution in [2.75, 3.05) is 6.54 Å². The van der Waals surface area contributed by atoms with Crippen LogP contribution in [0.25, 0.3) is 0 Å². The standard InChI is InChI=1S/C31H51N3O4/c1-9-11-19-34(29(36)26(22(4)10-2)33-30(37)38-31(6,7)8)27(25-18-17-21(3)20-23(25)5)28(35)32-24-15-13-12-14-16-24/h17-18,20,22,24,26-27H,9-16,19H2,1-8H3,(H,32,35)(H,33,37). The molecule has 2 N–H and O–H groups in total. The van der Waals surface area contributed by atoms with Crippen molar-refractivity contribution < 1.29 is 19.1 Å². The molecule has 3 amide bonds. The molecule has 0 aliphatic heterocycles. The SMILES string of the molecule is CCCCN(C(=O)C(NC(=O)OC(C)(C)C)C(C)CC)C(C(=O)NC1CCCCC1)c1ccc(C)cc1C. The van der Waals surface area contributed by atoms with Gasteiger partial charge < -0.3 is 20.3 Å². The smallest absolute Gasteiger partial charge is 0.408 e. The van der Waals surface area contributed by atoms with Crippen molar-refractivity contribution in [2.45, 2.75) is 130 Å². The number of ether oxygens (including phenoxy) is 1. The Morgan fingerprint density at radius 1 is 1.08 bits per heavy atom. The molecule has 3 atom stereocenters. The molecule has 1 aliphatic rings. The molecular weight excluding hydrogens is 478 g/mol. The van der Waals surface area contributed by atoms with Crippen molar-refractivity contribution in [1.29, 1.82) is 0 Å². The Balaban J connectivity index is 2.51. The molecule has 1 saturated carbocycles. The van der Waals surface area contributed by atoms with Gasteiger partial charge in [0.2, 0.25) is 11.8 Å². The van der Waals surface area contributed by atoms with Crippen LogP contribution >= 0.6 is 0 Å². The van der Waals surface area contributed by atoms with E-state index < -0.39 is 23.8 Å². The van der Waals surface area contributed by atoms with E-state index in [-0.39, 0.29) is 23.8 Å². The average molecular weight is 530 g/mol. The third-order valence-corrected chi connectivity index (χ3v) is 7.42. The minimum Gasteiger partial charge on any atom is -0.444 e. The number of benzene rings is 1. The fourth-order valence-corrected chi connectivity index (χ4v) is 5.10. The Kier molecular flexibility index (Phi) is 12.1. The third kappa shape index (κ3) is 9.32. The molecule has 0 aromatic heterocycles. The lowest BCUT2D eigenvalue weighted by Crippen LogP contribution is -2.56. The van der Waals surface area contributed by atoms with Crippen molar-refractivity contribution in [3.63, 3.8) is 0 Å². The average Bonchev–Trinajstić information content (AvgIpc) is 2.84. The second-order valence-corrected chi connectivity index (χ2v) is 12.0. The van der Waals surface area contributed by atoms with Gasteiger partial charge in [0.05, 0.1) is 0 Å². The van der Waals surface area contributed by atoms with Crippen LogP contribution in [-0.2, 0) is 14.3 Å². The quantitative estimate of drug-likeness (QED) is 0.349. The van der Waals surface area contributed by atoms with Crippen LogP contribution in [0.15, 0.2) is 18.2 Å². The number of nitrogens with one attached hydrogen (secondary N) is 2. The van der Waals surface area contributed by atoms with E-state index >= 15 is 0 Å². The number of alkyl carbamates (subject to hydrolysis) is 1. The van der Waals surface area contributed by atoms with Crippen molar-refractivity contribution in [3.8, 4) is 0 Å². The molecule has 7 heteroatoms. The molecule has 1 fully saturated rings. The van der Waals surface area contributed by atoms with Crippen LogP contribution < -0.4 is 10.6 Å². The van der Waals surface area contributed by atoms with Crippen LogP contribution in [0.2, 0.25) is 0 Å². The predicted molar refractivity (Wildman–Crippen MR) is 153 cm³/mol. The number of aryl methyl sites for hydroxylation is 2. The largest absolute Gasteiger partial charge is 0.444 e. The van der Waals surface area contributed by atoms with Crippen molar-refractivity contribution in [2.24, 2.45) is 5.92 Å². The first-order valence-corrected chi connectivity index (χ1v) is 14.5. The molecule has 0 radical (unpaired) electrons. The van der Waals surface area contributed by atoms with Gasteiger partial charge in [-0.25, -0.2) is 4.79 Å². The Hall–Kier alpha value is -2.57. The summed E-state index contributed by atoms with van der Waals surface area (Å²) in [6, 6.07) is 4.58. The zero-order chi connectivity index (χ0) is 28.5. The van der Waals surface area contributed by atoms with Crippen molar-refractivity contribution >= 4 is 17.9 Å². The summed E-state index contributed by atoms with van der Waals surface area (Å²) in [6.07, 6.45) is 7.03. The van der Waals surface area contributed by atoms with Crippen molar-refractivity contribution in [3.05, 3.63) is 34.9 Å². The lowest BCUT2D eigenvalue weighted by atomic mass is 9.92. The van der Waals surface area contributed by atoms with E-state index in [9.17, 15) is 14.4 Å². The summed E-state index contributed by atoms with van der Waals surface area (Å²) < 4.78 is 5.50. The molecule has 1 aromatic rings. The highest BCUT2D eigenvalue weighted by atomic mass is 16.6. The topological polar surface area (TPSA) is 87.7 Å². The first kappa shape index (κ1) is 31.6. The van der Waals surface area contributed by atoms with Gasteiger partial charge in [-0.3, -0.25) is 9.59 Å².